The van der Waals surface area contributed by atoms with Gasteiger partial charge in [0.15, 0.2) is 17.8 Å². The third-order valence-electron chi connectivity index (χ3n) is 6.65. The van der Waals surface area contributed by atoms with Crippen LogP contribution in [0.1, 0.15) is 40.5 Å². The molecule has 3 rings (SSSR count). The van der Waals surface area contributed by atoms with Crippen molar-refractivity contribution in [2.24, 2.45) is 5.92 Å². The Morgan fingerprint density at radius 3 is 2.53 bits per heavy atom. The van der Waals surface area contributed by atoms with Crippen LogP contribution in [0.2, 0.25) is 0 Å². The molecule has 0 saturated carbocycles. The number of hydrogen-bond acceptors (Lipinski definition) is 11. The first-order valence-electron chi connectivity index (χ1n) is 10.9. The lowest BCUT2D eigenvalue weighted by Gasteiger charge is -2.35. The first-order chi connectivity index (χ1) is 15.7. The number of aliphatic hydroxyl groups is 2. The van der Waals surface area contributed by atoms with Gasteiger partial charge in [-0.25, -0.2) is 14.4 Å². The van der Waals surface area contributed by atoms with Gasteiger partial charge in [0.1, 0.15) is 12.2 Å². The summed E-state index contributed by atoms with van der Waals surface area (Å²) in [5.41, 5.74) is -3.24. The molecule has 0 bridgehead atoms. The fourth-order valence-corrected chi connectivity index (χ4v) is 4.29. The standard InChI is InChI=1S/C23H30O11/c1-10-14-16(33-21(28)23(5,29)11(2)24)15(31-12(3)25)13(20(27)30-6)8-7-9-22(4)18(34-22)17(14)32-19(10)26/h8,11,14-18,24,29H,1,7,9H2,2-6H3/b13-8+/t11?,14-,15?,16-,17+,18-,22-,23?/m1/s1. The number of methoxy groups -OCH3 is 1. The lowest BCUT2D eigenvalue weighted by Crippen LogP contribution is -2.53. The van der Waals surface area contributed by atoms with Crippen molar-refractivity contribution in [2.75, 3.05) is 7.11 Å². The number of esters is 4. The topological polar surface area (TPSA) is 158 Å². The van der Waals surface area contributed by atoms with Crippen molar-refractivity contribution in [2.45, 2.75) is 82.3 Å². The molecule has 0 aromatic heterocycles. The molecule has 3 unspecified atom stereocenters. The van der Waals surface area contributed by atoms with E-state index >= 15 is 0 Å². The summed E-state index contributed by atoms with van der Waals surface area (Å²) < 4.78 is 27.2. The predicted octanol–water partition coefficient (Wildman–Crippen LogP) is 0.110. The van der Waals surface area contributed by atoms with Crippen molar-refractivity contribution in [1.29, 1.82) is 0 Å². The molecule has 0 aromatic rings. The van der Waals surface area contributed by atoms with Gasteiger partial charge in [-0.3, -0.25) is 4.79 Å². The zero-order valence-corrected chi connectivity index (χ0v) is 19.7. The highest BCUT2D eigenvalue weighted by Gasteiger charge is 2.65. The molecule has 0 spiro atoms. The van der Waals surface area contributed by atoms with Gasteiger partial charge in [0.25, 0.3) is 0 Å². The molecular weight excluding hydrogens is 452 g/mol. The maximum atomic E-state index is 12.9. The van der Waals surface area contributed by atoms with E-state index in [4.69, 9.17) is 23.7 Å². The first kappa shape index (κ1) is 25.9. The van der Waals surface area contributed by atoms with Crippen LogP contribution in [0.5, 0.6) is 0 Å². The summed E-state index contributed by atoms with van der Waals surface area (Å²) in [7, 11) is 1.14. The molecule has 2 aliphatic heterocycles. The molecule has 2 heterocycles. The van der Waals surface area contributed by atoms with E-state index in [9.17, 15) is 29.4 Å². The number of hydrogen-bond donors (Lipinski definition) is 2. The Morgan fingerprint density at radius 2 is 1.97 bits per heavy atom. The van der Waals surface area contributed by atoms with Crippen molar-refractivity contribution >= 4 is 23.9 Å². The molecular formula is C23H30O11. The Kier molecular flexibility index (Phi) is 6.94. The SMILES string of the molecule is C=C1C(=O)O[C@H]2[C@H]1[C@@H](OC(=O)C(C)(O)C(C)O)C(OC(C)=O)/C(C(=O)OC)=C\CC[C@@]1(C)O[C@H]21. The highest BCUT2D eigenvalue weighted by Crippen LogP contribution is 2.50. The Balaban J connectivity index is 2.18. The number of ether oxygens (including phenoxy) is 5. The first-order valence-corrected chi connectivity index (χ1v) is 10.9. The minimum Gasteiger partial charge on any atom is -0.466 e. The summed E-state index contributed by atoms with van der Waals surface area (Å²) in [4.78, 5) is 50.2. The zero-order valence-electron chi connectivity index (χ0n) is 19.7. The van der Waals surface area contributed by atoms with E-state index in [1.54, 1.807) is 0 Å². The van der Waals surface area contributed by atoms with Gasteiger partial charge >= 0.3 is 23.9 Å². The van der Waals surface area contributed by atoms with Crippen molar-refractivity contribution in [1.82, 2.24) is 0 Å². The molecule has 11 heteroatoms. The van der Waals surface area contributed by atoms with Crippen LogP contribution in [-0.4, -0.2) is 82.9 Å². The molecule has 0 amide bonds. The molecule has 0 radical (unpaired) electrons. The van der Waals surface area contributed by atoms with E-state index in [1.807, 2.05) is 6.92 Å². The van der Waals surface area contributed by atoms with Crippen LogP contribution >= 0.6 is 0 Å². The van der Waals surface area contributed by atoms with Crippen molar-refractivity contribution < 1.29 is 53.1 Å². The number of epoxide rings is 1. The molecule has 11 nitrogen and oxygen atoms in total. The molecule has 0 aromatic carbocycles. The van der Waals surface area contributed by atoms with Gasteiger partial charge in [-0.2, -0.15) is 0 Å². The van der Waals surface area contributed by atoms with Crippen molar-refractivity contribution in [3.05, 3.63) is 23.8 Å². The second-order valence-corrected chi connectivity index (χ2v) is 9.19. The van der Waals surface area contributed by atoms with Crippen LogP contribution in [0.3, 0.4) is 0 Å². The minimum absolute atomic E-state index is 0.0840. The van der Waals surface area contributed by atoms with Crippen LogP contribution in [0.4, 0.5) is 0 Å². The number of carbonyl (C=O) groups excluding carboxylic acids is 4. The van der Waals surface area contributed by atoms with Crippen LogP contribution in [0.15, 0.2) is 23.8 Å². The van der Waals surface area contributed by atoms with Gasteiger partial charge < -0.3 is 33.9 Å². The molecule has 188 valence electrons. The van der Waals surface area contributed by atoms with E-state index in [0.29, 0.717) is 12.8 Å². The number of rotatable bonds is 5. The molecule has 3 aliphatic rings. The van der Waals surface area contributed by atoms with Gasteiger partial charge in [-0.1, -0.05) is 12.7 Å². The summed E-state index contributed by atoms with van der Waals surface area (Å²) >= 11 is 0. The summed E-state index contributed by atoms with van der Waals surface area (Å²) in [6.07, 6.45) is -3.86. The molecule has 2 N–H and O–H groups in total. The second kappa shape index (κ2) is 9.12. The van der Waals surface area contributed by atoms with Crippen LogP contribution in [-0.2, 0) is 42.9 Å². The quantitative estimate of drug-likeness (QED) is 0.237. The Hall–Kier alpha value is -2.76. The smallest absolute Gasteiger partial charge is 0.341 e. The molecule has 8 atom stereocenters. The molecule has 34 heavy (non-hydrogen) atoms. The molecule has 2 saturated heterocycles. The largest absolute Gasteiger partial charge is 0.466 e. The maximum Gasteiger partial charge on any atom is 0.341 e. The van der Waals surface area contributed by atoms with E-state index < -0.39 is 71.5 Å². The van der Waals surface area contributed by atoms with Gasteiger partial charge in [0.05, 0.1) is 30.3 Å². The van der Waals surface area contributed by atoms with Gasteiger partial charge in [-0.05, 0) is 33.6 Å². The Labute approximate surface area is 196 Å². The summed E-state index contributed by atoms with van der Waals surface area (Å²) in [6.45, 7) is 8.92. The third-order valence-corrected chi connectivity index (χ3v) is 6.65. The number of aliphatic hydroxyl groups excluding tert-OH is 1. The van der Waals surface area contributed by atoms with Crippen LogP contribution in [0, 0.1) is 5.92 Å². The number of allylic oxidation sites excluding steroid dienone is 1. The molecule has 2 fully saturated rings. The van der Waals surface area contributed by atoms with Gasteiger partial charge in [-0.15, -0.1) is 0 Å². The van der Waals surface area contributed by atoms with E-state index in [1.165, 1.54) is 13.0 Å². The predicted molar refractivity (Wildman–Crippen MR) is 113 cm³/mol. The second-order valence-electron chi connectivity index (χ2n) is 9.19. The molecule has 1 aliphatic carbocycles. The van der Waals surface area contributed by atoms with Crippen molar-refractivity contribution in [3.63, 3.8) is 0 Å². The van der Waals surface area contributed by atoms with E-state index in [0.717, 1.165) is 21.0 Å². The highest BCUT2D eigenvalue weighted by atomic mass is 16.7. The zero-order chi connectivity index (χ0) is 25.6. The fraction of sp³-hybridized carbons (Fsp3) is 0.652. The summed E-state index contributed by atoms with van der Waals surface area (Å²) in [5.74, 6) is -4.78. The third kappa shape index (κ3) is 4.59. The number of fused-ring (bicyclic) bond motifs is 3. The highest BCUT2D eigenvalue weighted by molar-refractivity contribution is 5.93. The summed E-state index contributed by atoms with van der Waals surface area (Å²) in [5, 5.41) is 20.4. The number of carbonyl (C=O) groups is 4. The van der Waals surface area contributed by atoms with Crippen LogP contribution < -0.4 is 0 Å². The average Bonchev–Trinajstić information content (AvgIpc) is 3.34. The maximum absolute atomic E-state index is 12.9. The summed E-state index contributed by atoms with van der Waals surface area (Å²) in [6, 6.07) is 0. The van der Waals surface area contributed by atoms with Crippen LogP contribution in [0.25, 0.3) is 0 Å². The lowest BCUT2D eigenvalue weighted by molar-refractivity contribution is -0.192. The fourth-order valence-electron chi connectivity index (χ4n) is 4.29. The normalized spacial score (nSPS) is 36.9. The van der Waals surface area contributed by atoms with Gasteiger partial charge in [0, 0.05) is 12.5 Å². The van der Waals surface area contributed by atoms with Gasteiger partial charge in [0.2, 0.25) is 0 Å². The van der Waals surface area contributed by atoms with E-state index in [-0.39, 0.29) is 11.1 Å². The average molecular weight is 482 g/mol. The van der Waals surface area contributed by atoms with E-state index in [2.05, 4.69) is 6.58 Å². The Bertz CT molecular complexity index is 933. The Morgan fingerprint density at radius 1 is 1.32 bits per heavy atom. The lowest BCUT2D eigenvalue weighted by atomic mass is 9.80. The minimum atomic E-state index is -2.35. The monoisotopic (exact) mass is 482 g/mol. The van der Waals surface area contributed by atoms with Crippen molar-refractivity contribution in [3.8, 4) is 0 Å².